The molecule has 0 radical (unpaired) electrons. The van der Waals surface area contributed by atoms with Crippen molar-refractivity contribution in [3.8, 4) is 0 Å². The van der Waals surface area contributed by atoms with Crippen molar-refractivity contribution in [2.75, 3.05) is 27.4 Å². The Labute approximate surface area is 139 Å². The number of carboxylic acid groups (broad SMARTS) is 4. The summed E-state index contributed by atoms with van der Waals surface area (Å²) in [5, 5.41) is 43.6. The first-order chi connectivity index (χ1) is 11.1. The number of hydrogen-bond acceptors (Lipinski definition) is 8. The van der Waals surface area contributed by atoms with Crippen LogP contribution in [-0.4, -0.2) is 82.9 Å². The Morgan fingerprint density at radius 1 is 0.750 bits per heavy atom. The number of carbonyl (C=O) groups is 2. The van der Waals surface area contributed by atoms with Gasteiger partial charge in [0, 0.05) is 14.2 Å². The lowest BCUT2D eigenvalue weighted by atomic mass is 10.3. The molecule has 0 amide bonds. The summed E-state index contributed by atoms with van der Waals surface area (Å²) in [6.45, 7) is 4.52. The molecular formula is C12H28O12. The minimum atomic E-state index is -1.83. The van der Waals surface area contributed by atoms with Gasteiger partial charge in [0.1, 0.15) is 0 Å². The molecule has 0 saturated carbocycles. The molecule has 2 atom stereocenters. The molecule has 0 rings (SSSR count). The van der Waals surface area contributed by atoms with Crippen molar-refractivity contribution in [1.82, 2.24) is 0 Å². The van der Waals surface area contributed by atoms with E-state index in [1.165, 1.54) is 0 Å². The van der Waals surface area contributed by atoms with E-state index < -0.39 is 12.3 Å². The summed E-state index contributed by atoms with van der Waals surface area (Å²) in [4.78, 5) is 24.8. The summed E-state index contributed by atoms with van der Waals surface area (Å²) in [6.07, 6.45) is -1.87. The third-order valence-electron chi connectivity index (χ3n) is 2.04. The van der Waals surface area contributed by atoms with Crippen LogP contribution in [0.5, 0.6) is 0 Å². The average Bonchev–Trinajstić information content (AvgIpc) is 2.49. The fraction of sp³-hybridized carbons (Fsp3) is 0.833. The van der Waals surface area contributed by atoms with E-state index in [1.54, 1.807) is 14.2 Å². The lowest BCUT2D eigenvalue weighted by Gasteiger charge is -2.05. The first-order valence-corrected chi connectivity index (χ1v) is 6.50. The van der Waals surface area contributed by atoms with Gasteiger partial charge in [-0.25, -0.2) is 19.4 Å². The maximum atomic E-state index is 8.56. The topological polar surface area (TPSA) is 192 Å². The zero-order valence-electron chi connectivity index (χ0n) is 14.1. The summed E-state index contributed by atoms with van der Waals surface area (Å²) in [7, 11) is 3.25. The minimum Gasteiger partial charge on any atom is -0.450 e. The summed E-state index contributed by atoms with van der Waals surface area (Å²) in [6, 6.07) is 0. The second-order valence-corrected chi connectivity index (χ2v) is 3.90. The number of methoxy groups -OCH3 is 2. The Hall–Kier alpha value is -1.70. The summed E-state index contributed by atoms with van der Waals surface area (Å²) in [5.41, 5.74) is 0. The number of hydrogen-bond donors (Lipinski definition) is 6. The van der Waals surface area contributed by atoms with E-state index in [0.29, 0.717) is 13.2 Å². The molecule has 0 spiro atoms. The van der Waals surface area contributed by atoms with Gasteiger partial charge < -0.3 is 29.9 Å². The highest BCUT2D eigenvalue weighted by atomic mass is 17.1. The molecular weight excluding hydrogens is 336 g/mol. The van der Waals surface area contributed by atoms with Gasteiger partial charge in [0.2, 0.25) is 0 Å². The van der Waals surface area contributed by atoms with Crippen LogP contribution < -0.4 is 0 Å². The predicted molar refractivity (Wildman–Crippen MR) is 80.6 cm³/mol. The molecule has 0 aliphatic carbocycles. The molecule has 0 aliphatic rings. The van der Waals surface area contributed by atoms with Crippen molar-refractivity contribution >= 4 is 12.3 Å². The molecule has 0 aromatic rings. The van der Waals surface area contributed by atoms with Crippen LogP contribution in [0.2, 0.25) is 0 Å². The van der Waals surface area contributed by atoms with E-state index in [4.69, 9.17) is 50.0 Å². The van der Waals surface area contributed by atoms with Crippen molar-refractivity contribution in [3.05, 3.63) is 0 Å². The Morgan fingerprint density at radius 3 is 1.08 bits per heavy atom. The Balaban J connectivity index is -0.000000117. The molecule has 6 N–H and O–H groups in total. The van der Waals surface area contributed by atoms with Crippen LogP contribution in [0.25, 0.3) is 0 Å². The standard InChI is InChI=1S/2C5H12O3.2CH2O3/c2*1-5(7-2)3-4-8-6;2*2-1(3)4/h2*5-6H,3-4H2,1-2H3;2*(H2,2,3,4). The molecule has 0 bridgehead atoms. The summed E-state index contributed by atoms with van der Waals surface area (Å²) >= 11 is 0. The Morgan fingerprint density at radius 2 is 0.958 bits per heavy atom. The molecule has 0 heterocycles. The van der Waals surface area contributed by atoms with Crippen molar-refractivity contribution in [3.63, 3.8) is 0 Å². The number of rotatable bonds is 8. The van der Waals surface area contributed by atoms with E-state index in [0.717, 1.165) is 12.8 Å². The van der Waals surface area contributed by atoms with Gasteiger partial charge in [0.15, 0.2) is 0 Å². The minimum absolute atomic E-state index is 0.169. The zero-order chi connectivity index (χ0) is 20.0. The highest BCUT2D eigenvalue weighted by Gasteiger charge is 1.96. The molecule has 12 nitrogen and oxygen atoms in total. The Kier molecular flexibility index (Phi) is 33.0. The molecule has 148 valence electrons. The molecule has 2 unspecified atom stereocenters. The summed E-state index contributed by atoms with van der Waals surface area (Å²) in [5.74, 6) is 0. The molecule has 0 fully saturated rings. The Bertz CT molecular complexity index is 226. The van der Waals surface area contributed by atoms with Crippen molar-refractivity contribution < 1.29 is 59.8 Å². The SMILES string of the molecule is COC(C)CCOO.COC(C)CCOO.O=C(O)O.O=C(O)O. The summed E-state index contributed by atoms with van der Waals surface area (Å²) < 4.78 is 9.72. The second kappa shape index (κ2) is 26.2. The maximum Gasteiger partial charge on any atom is 0.503 e. The van der Waals surface area contributed by atoms with Crippen LogP contribution in [-0.2, 0) is 19.2 Å². The van der Waals surface area contributed by atoms with Crippen molar-refractivity contribution in [2.45, 2.75) is 38.9 Å². The fourth-order valence-electron chi connectivity index (χ4n) is 0.673. The van der Waals surface area contributed by atoms with Crippen LogP contribution >= 0.6 is 0 Å². The molecule has 0 aliphatic heterocycles. The van der Waals surface area contributed by atoms with Crippen LogP contribution in [0.3, 0.4) is 0 Å². The van der Waals surface area contributed by atoms with E-state index in [9.17, 15) is 0 Å². The third-order valence-corrected chi connectivity index (χ3v) is 2.04. The van der Waals surface area contributed by atoms with Crippen LogP contribution in [0.4, 0.5) is 9.59 Å². The van der Waals surface area contributed by atoms with Gasteiger partial charge in [0.25, 0.3) is 0 Å². The molecule has 0 saturated heterocycles. The highest BCUT2D eigenvalue weighted by Crippen LogP contribution is 1.93. The van der Waals surface area contributed by atoms with Gasteiger partial charge in [-0.3, -0.25) is 10.5 Å². The largest absolute Gasteiger partial charge is 0.503 e. The molecule has 24 heavy (non-hydrogen) atoms. The van der Waals surface area contributed by atoms with Gasteiger partial charge in [-0.15, -0.1) is 0 Å². The molecule has 0 aromatic carbocycles. The fourth-order valence-corrected chi connectivity index (χ4v) is 0.673. The number of ether oxygens (including phenoxy) is 2. The van der Waals surface area contributed by atoms with Crippen LogP contribution in [0.1, 0.15) is 26.7 Å². The smallest absolute Gasteiger partial charge is 0.450 e. The van der Waals surface area contributed by atoms with E-state index in [-0.39, 0.29) is 12.2 Å². The van der Waals surface area contributed by atoms with Gasteiger partial charge in [-0.1, -0.05) is 0 Å². The van der Waals surface area contributed by atoms with Crippen molar-refractivity contribution in [2.24, 2.45) is 0 Å². The monoisotopic (exact) mass is 364 g/mol. The lowest BCUT2D eigenvalue weighted by Crippen LogP contribution is -2.07. The first kappa shape index (κ1) is 30.2. The first-order valence-electron chi connectivity index (χ1n) is 6.50. The predicted octanol–water partition coefficient (Wildman–Crippen LogP) is 2.25. The van der Waals surface area contributed by atoms with Crippen molar-refractivity contribution in [1.29, 1.82) is 0 Å². The van der Waals surface area contributed by atoms with Crippen LogP contribution in [0.15, 0.2) is 0 Å². The van der Waals surface area contributed by atoms with Gasteiger partial charge in [-0.2, -0.15) is 0 Å². The second-order valence-electron chi connectivity index (χ2n) is 3.90. The van der Waals surface area contributed by atoms with E-state index >= 15 is 0 Å². The molecule has 12 heteroatoms. The normalized spacial score (nSPS) is 11.2. The van der Waals surface area contributed by atoms with E-state index in [2.05, 4.69) is 9.78 Å². The lowest BCUT2D eigenvalue weighted by molar-refractivity contribution is -0.245. The quantitative estimate of drug-likeness (QED) is 0.272. The van der Waals surface area contributed by atoms with Gasteiger partial charge in [-0.05, 0) is 26.7 Å². The van der Waals surface area contributed by atoms with Gasteiger partial charge >= 0.3 is 12.3 Å². The molecule has 0 aromatic heterocycles. The van der Waals surface area contributed by atoms with E-state index in [1.807, 2.05) is 13.8 Å². The van der Waals surface area contributed by atoms with Gasteiger partial charge in [0.05, 0.1) is 25.4 Å². The average molecular weight is 364 g/mol. The van der Waals surface area contributed by atoms with Crippen LogP contribution in [0, 0.1) is 0 Å². The zero-order valence-corrected chi connectivity index (χ0v) is 14.1. The third kappa shape index (κ3) is 71.3. The highest BCUT2D eigenvalue weighted by molar-refractivity contribution is 5.53. The maximum absolute atomic E-state index is 8.56.